The summed E-state index contributed by atoms with van der Waals surface area (Å²) in [5.41, 5.74) is 7.57. The standard InChI is InChI=1S/C15H16N4OS/c1-8-2-3-9(6-8)13-18-14(20-19-13)10-4-5-11-12(7-10)21-15(16)17-11/h4-5,7-9H,2-3,6H2,1H3,(H2,16,17). The van der Waals surface area contributed by atoms with E-state index in [1.54, 1.807) is 0 Å². The molecule has 3 aromatic rings. The van der Waals surface area contributed by atoms with Gasteiger partial charge in [0.25, 0.3) is 5.89 Å². The van der Waals surface area contributed by atoms with E-state index in [2.05, 4.69) is 22.0 Å². The highest BCUT2D eigenvalue weighted by Gasteiger charge is 2.27. The fraction of sp³-hybridized carbons (Fsp3) is 0.400. The minimum atomic E-state index is 0.445. The monoisotopic (exact) mass is 300 g/mol. The Balaban J connectivity index is 1.67. The number of aromatic nitrogens is 3. The molecule has 0 amide bonds. The van der Waals surface area contributed by atoms with Gasteiger partial charge in [-0.3, -0.25) is 0 Å². The number of nitrogens with two attached hydrogens (primary N) is 1. The summed E-state index contributed by atoms with van der Waals surface area (Å²) in [5, 5.41) is 4.75. The molecule has 0 aliphatic heterocycles. The highest BCUT2D eigenvalue weighted by Crippen LogP contribution is 2.37. The summed E-state index contributed by atoms with van der Waals surface area (Å²) in [7, 11) is 0. The first kappa shape index (κ1) is 12.8. The van der Waals surface area contributed by atoms with E-state index in [4.69, 9.17) is 10.3 Å². The topological polar surface area (TPSA) is 77.8 Å². The number of anilines is 1. The minimum Gasteiger partial charge on any atom is -0.375 e. The Morgan fingerprint density at radius 2 is 2.19 bits per heavy atom. The number of nitrogens with zero attached hydrogens (tertiary/aromatic N) is 3. The lowest BCUT2D eigenvalue weighted by molar-refractivity contribution is 0.415. The van der Waals surface area contributed by atoms with Gasteiger partial charge in [0, 0.05) is 11.5 Å². The number of fused-ring (bicyclic) bond motifs is 1. The van der Waals surface area contributed by atoms with Gasteiger partial charge in [-0.1, -0.05) is 23.4 Å². The highest BCUT2D eigenvalue weighted by molar-refractivity contribution is 7.22. The molecule has 1 fully saturated rings. The molecule has 1 aliphatic rings. The Bertz CT molecular complexity index is 794. The van der Waals surface area contributed by atoms with Crippen LogP contribution in [-0.4, -0.2) is 15.1 Å². The van der Waals surface area contributed by atoms with Crippen LogP contribution in [0, 0.1) is 5.92 Å². The van der Waals surface area contributed by atoms with E-state index < -0.39 is 0 Å². The van der Waals surface area contributed by atoms with Gasteiger partial charge in [-0.15, -0.1) is 0 Å². The number of nitrogen functional groups attached to an aromatic ring is 1. The first-order valence-electron chi connectivity index (χ1n) is 7.19. The Kier molecular flexibility index (Phi) is 2.92. The van der Waals surface area contributed by atoms with Crippen molar-refractivity contribution in [3.63, 3.8) is 0 Å². The second-order valence-electron chi connectivity index (χ2n) is 5.81. The molecule has 4 rings (SSSR count). The average Bonchev–Trinajstić information content (AvgIpc) is 3.15. The van der Waals surface area contributed by atoms with Crippen molar-refractivity contribution in [1.29, 1.82) is 0 Å². The van der Waals surface area contributed by atoms with E-state index in [1.807, 2.05) is 18.2 Å². The van der Waals surface area contributed by atoms with Crippen molar-refractivity contribution < 1.29 is 4.52 Å². The minimum absolute atomic E-state index is 0.445. The van der Waals surface area contributed by atoms with Crippen LogP contribution in [0.25, 0.3) is 21.7 Å². The maximum atomic E-state index is 5.74. The average molecular weight is 300 g/mol. The highest BCUT2D eigenvalue weighted by atomic mass is 32.1. The van der Waals surface area contributed by atoms with Gasteiger partial charge in [0.05, 0.1) is 10.2 Å². The van der Waals surface area contributed by atoms with Crippen LogP contribution in [-0.2, 0) is 0 Å². The van der Waals surface area contributed by atoms with Gasteiger partial charge in [-0.25, -0.2) is 4.98 Å². The Hall–Kier alpha value is -1.95. The van der Waals surface area contributed by atoms with Crippen LogP contribution in [0.1, 0.15) is 37.9 Å². The van der Waals surface area contributed by atoms with Gasteiger partial charge in [-0.2, -0.15) is 4.98 Å². The number of rotatable bonds is 2. The predicted molar refractivity (Wildman–Crippen MR) is 83.1 cm³/mol. The van der Waals surface area contributed by atoms with Gasteiger partial charge >= 0.3 is 0 Å². The molecule has 0 bridgehead atoms. The summed E-state index contributed by atoms with van der Waals surface area (Å²) in [6, 6.07) is 5.91. The second kappa shape index (κ2) is 4.80. The zero-order chi connectivity index (χ0) is 14.4. The summed E-state index contributed by atoms with van der Waals surface area (Å²) < 4.78 is 6.49. The van der Waals surface area contributed by atoms with Crippen LogP contribution >= 0.6 is 11.3 Å². The molecular weight excluding hydrogens is 284 g/mol. The van der Waals surface area contributed by atoms with Gasteiger partial charge in [0.2, 0.25) is 0 Å². The summed E-state index contributed by atoms with van der Waals surface area (Å²) in [6.07, 6.45) is 3.56. The number of hydrogen-bond acceptors (Lipinski definition) is 6. The molecule has 0 saturated heterocycles. The molecule has 5 nitrogen and oxygen atoms in total. The molecule has 0 radical (unpaired) electrons. The first-order chi connectivity index (χ1) is 10.2. The molecule has 2 unspecified atom stereocenters. The van der Waals surface area contributed by atoms with Gasteiger partial charge in [0.1, 0.15) is 0 Å². The normalized spacial score (nSPS) is 22.1. The maximum Gasteiger partial charge on any atom is 0.257 e. The fourth-order valence-corrected chi connectivity index (χ4v) is 3.81. The van der Waals surface area contributed by atoms with Crippen LogP contribution in [0.5, 0.6) is 0 Å². The Morgan fingerprint density at radius 3 is 3.00 bits per heavy atom. The number of thiazole rings is 1. The lowest BCUT2D eigenvalue weighted by Crippen LogP contribution is -1.96. The van der Waals surface area contributed by atoms with E-state index >= 15 is 0 Å². The number of hydrogen-bond donors (Lipinski definition) is 1. The van der Waals surface area contributed by atoms with Crippen LogP contribution in [0.15, 0.2) is 22.7 Å². The van der Waals surface area contributed by atoms with Crippen molar-refractivity contribution in [1.82, 2.24) is 15.1 Å². The molecular formula is C15H16N4OS. The fourth-order valence-electron chi connectivity index (χ4n) is 3.04. The molecule has 0 spiro atoms. The molecule has 21 heavy (non-hydrogen) atoms. The molecule has 108 valence electrons. The third-order valence-corrected chi connectivity index (χ3v) is 5.00. The van der Waals surface area contributed by atoms with Crippen LogP contribution in [0.3, 0.4) is 0 Å². The summed E-state index contributed by atoms with van der Waals surface area (Å²) >= 11 is 1.47. The zero-order valence-corrected chi connectivity index (χ0v) is 12.6. The van der Waals surface area contributed by atoms with E-state index in [0.717, 1.165) is 40.4 Å². The molecule has 1 saturated carbocycles. The SMILES string of the molecule is CC1CCC(c2noc(-c3ccc4nc(N)sc4c3)n2)C1. The van der Waals surface area contributed by atoms with Crippen molar-refractivity contribution >= 4 is 26.7 Å². The van der Waals surface area contributed by atoms with Crippen LogP contribution in [0.4, 0.5) is 5.13 Å². The van der Waals surface area contributed by atoms with Gasteiger partial charge in [-0.05, 0) is 43.4 Å². The van der Waals surface area contributed by atoms with Gasteiger partial charge in [0.15, 0.2) is 11.0 Å². The van der Waals surface area contributed by atoms with Gasteiger partial charge < -0.3 is 10.3 Å². The molecule has 1 aromatic carbocycles. The summed E-state index contributed by atoms with van der Waals surface area (Å²) in [4.78, 5) is 8.84. The van der Waals surface area contributed by atoms with Crippen molar-refractivity contribution in [3.8, 4) is 11.5 Å². The van der Waals surface area contributed by atoms with E-state index in [9.17, 15) is 0 Å². The quantitative estimate of drug-likeness (QED) is 0.778. The lowest BCUT2D eigenvalue weighted by Gasteiger charge is -2.01. The predicted octanol–water partition coefficient (Wildman–Crippen LogP) is 3.83. The van der Waals surface area contributed by atoms with Crippen LogP contribution in [0.2, 0.25) is 0 Å². The molecule has 2 atom stereocenters. The lowest BCUT2D eigenvalue weighted by atomic mass is 10.1. The molecule has 1 aliphatic carbocycles. The summed E-state index contributed by atoms with van der Waals surface area (Å²) in [5.74, 6) is 2.63. The maximum absolute atomic E-state index is 5.74. The smallest absolute Gasteiger partial charge is 0.257 e. The molecule has 6 heteroatoms. The van der Waals surface area contributed by atoms with Crippen molar-refractivity contribution in [3.05, 3.63) is 24.0 Å². The Labute approximate surface area is 126 Å². The van der Waals surface area contributed by atoms with E-state index in [1.165, 1.54) is 17.8 Å². The third kappa shape index (κ3) is 2.29. The van der Waals surface area contributed by atoms with E-state index in [-0.39, 0.29) is 0 Å². The molecule has 2 N–H and O–H groups in total. The zero-order valence-electron chi connectivity index (χ0n) is 11.7. The summed E-state index contributed by atoms with van der Waals surface area (Å²) in [6.45, 7) is 2.28. The number of benzene rings is 1. The second-order valence-corrected chi connectivity index (χ2v) is 6.87. The van der Waals surface area contributed by atoms with E-state index in [0.29, 0.717) is 16.9 Å². The molecule has 2 heterocycles. The van der Waals surface area contributed by atoms with Crippen molar-refractivity contribution in [2.24, 2.45) is 5.92 Å². The first-order valence-corrected chi connectivity index (χ1v) is 8.01. The van der Waals surface area contributed by atoms with Crippen molar-refractivity contribution in [2.45, 2.75) is 32.1 Å². The van der Waals surface area contributed by atoms with Crippen LogP contribution < -0.4 is 5.73 Å². The third-order valence-electron chi connectivity index (χ3n) is 4.15. The Morgan fingerprint density at radius 1 is 1.29 bits per heavy atom. The largest absolute Gasteiger partial charge is 0.375 e. The van der Waals surface area contributed by atoms with Crippen molar-refractivity contribution in [2.75, 3.05) is 5.73 Å². The molecule has 2 aromatic heterocycles.